The van der Waals surface area contributed by atoms with Crippen molar-refractivity contribution in [1.82, 2.24) is 0 Å². The summed E-state index contributed by atoms with van der Waals surface area (Å²) >= 11 is 6.69. The van der Waals surface area contributed by atoms with Gasteiger partial charge in [0.1, 0.15) is 0 Å². The van der Waals surface area contributed by atoms with E-state index in [2.05, 4.69) is 31.9 Å². The molecule has 0 bridgehead atoms. The number of aliphatic hydroxyl groups is 1. The molecular formula is C11H12Br2O3. The van der Waals surface area contributed by atoms with Crippen LogP contribution >= 0.6 is 31.9 Å². The Bertz CT molecular complexity index is 393. The molecule has 0 aliphatic carbocycles. The van der Waals surface area contributed by atoms with Gasteiger partial charge in [-0.3, -0.25) is 0 Å². The molecule has 0 fully saturated rings. The molecular weight excluding hydrogens is 340 g/mol. The van der Waals surface area contributed by atoms with Gasteiger partial charge in [0.25, 0.3) is 0 Å². The van der Waals surface area contributed by atoms with E-state index in [1.54, 1.807) is 0 Å². The fourth-order valence-corrected chi connectivity index (χ4v) is 2.20. The van der Waals surface area contributed by atoms with Crippen LogP contribution in [0.3, 0.4) is 0 Å². The highest BCUT2D eigenvalue weighted by Crippen LogP contribution is 2.30. The minimum Gasteiger partial charge on any atom is -0.479 e. The van der Waals surface area contributed by atoms with E-state index >= 15 is 0 Å². The van der Waals surface area contributed by atoms with Crippen LogP contribution in [0.1, 0.15) is 24.8 Å². The van der Waals surface area contributed by atoms with Crippen LogP contribution in [-0.2, 0) is 4.79 Å². The smallest absolute Gasteiger partial charge is 0.333 e. The maximum atomic E-state index is 10.8. The van der Waals surface area contributed by atoms with Crippen LogP contribution in [0, 0.1) is 0 Å². The Morgan fingerprint density at radius 1 is 1.38 bits per heavy atom. The zero-order valence-electron chi connectivity index (χ0n) is 8.65. The van der Waals surface area contributed by atoms with Gasteiger partial charge in [-0.15, -0.1) is 0 Å². The summed E-state index contributed by atoms with van der Waals surface area (Å²) in [6, 6.07) is 5.47. The molecule has 0 amide bonds. The number of hydrogen-bond acceptors (Lipinski definition) is 2. The van der Waals surface area contributed by atoms with E-state index in [9.17, 15) is 9.90 Å². The molecule has 0 aromatic heterocycles. The second kappa shape index (κ2) is 5.80. The molecule has 0 saturated carbocycles. The van der Waals surface area contributed by atoms with Gasteiger partial charge >= 0.3 is 5.97 Å². The van der Waals surface area contributed by atoms with Crippen LogP contribution in [0.5, 0.6) is 0 Å². The molecule has 16 heavy (non-hydrogen) atoms. The molecule has 0 saturated heterocycles. The highest BCUT2D eigenvalue weighted by Gasteiger charge is 2.25. The highest BCUT2D eigenvalue weighted by molar-refractivity contribution is 9.13. The molecule has 1 rings (SSSR count). The van der Waals surface area contributed by atoms with Crippen molar-refractivity contribution >= 4 is 37.8 Å². The van der Waals surface area contributed by atoms with Gasteiger partial charge in [0.2, 0.25) is 0 Å². The molecule has 0 heterocycles. The van der Waals surface area contributed by atoms with Crippen molar-refractivity contribution in [2.24, 2.45) is 0 Å². The van der Waals surface area contributed by atoms with Crippen molar-refractivity contribution in [1.29, 1.82) is 0 Å². The Kier molecular flexibility index (Phi) is 4.95. The van der Waals surface area contributed by atoms with Gasteiger partial charge in [0.05, 0.1) is 0 Å². The summed E-state index contributed by atoms with van der Waals surface area (Å²) in [5.74, 6) is -1.58. The summed E-state index contributed by atoms with van der Waals surface area (Å²) in [6.07, 6.45) is -0.792. The van der Waals surface area contributed by atoms with E-state index in [-0.39, 0.29) is 5.92 Å². The van der Waals surface area contributed by atoms with Crippen LogP contribution in [0.25, 0.3) is 0 Å². The summed E-state index contributed by atoms with van der Waals surface area (Å²) < 4.78 is 1.75. The van der Waals surface area contributed by atoms with Gasteiger partial charge in [-0.1, -0.05) is 13.0 Å². The zero-order chi connectivity index (χ0) is 12.3. The van der Waals surface area contributed by atoms with Crippen LogP contribution < -0.4 is 0 Å². The lowest BCUT2D eigenvalue weighted by atomic mass is 9.91. The lowest BCUT2D eigenvalue weighted by molar-refractivity contribution is -0.147. The van der Waals surface area contributed by atoms with Crippen LogP contribution in [0.15, 0.2) is 27.1 Å². The van der Waals surface area contributed by atoms with Crippen LogP contribution in [0.2, 0.25) is 0 Å². The molecule has 2 unspecified atom stereocenters. The van der Waals surface area contributed by atoms with Gasteiger partial charge in [-0.05, 0) is 56.0 Å². The minimum absolute atomic E-state index is 0.387. The first-order valence-electron chi connectivity index (χ1n) is 4.83. The fourth-order valence-electron chi connectivity index (χ4n) is 1.56. The number of carbonyl (C=O) groups is 1. The lowest BCUT2D eigenvalue weighted by Crippen LogP contribution is -2.27. The molecule has 1 aromatic carbocycles. The van der Waals surface area contributed by atoms with Gasteiger partial charge in [0, 0.05) is 14.9 Å². The zero-order valence-corrected chi connectivity index (χ0v) is 11.8. The standard InChI is InChI=1S/C11H12Br2O3/c1-2-7(10(14)11(15)16)6-3-4-8(12)9(13)5-6/h3-5,7,10,14H,2H2,1H3,(H,15,16). The Labute approximate surface area is 111 Å². The van der Waals surface area contributed by atoms with E-state index in [0.717, 1.165) is 14.5 Å². The van der Waals surface area contributed by atoms with Crippen molar-refractivity contribution in [2.75, 3.05) is 0 Å². The Morgan fingerprint density at radius 3 is 2.44 bits per heavy atom. The Morgan fingerprint density at radius 2 is 2.00 bits per heavy atom. The number of aliphatic hydroxyl groups excluding tert-OH is 1. The lowest BCUT2D eigenvalue weighted by Gasteiger charge is -2.19. The first-order valence-corrected chi connectivity index (χ1v) is 6.41. The van der Waals surface area contributed by atoms with Gasteiger partial charge in [-0.2, -0.15) is 0 Å². The molecule has 0 spiro atoms. The van der Waals surface area contributed by atoms with Gasteiger partial charge in [-0.25, -0.2) is 4.79 Å². The van der Waals surface area contributed by atoms with Crippen molar-refractivity contribution in [2.45, 2.75) is 25.4 Å². The average Bonchev–Trinajstić information content (AvgIpc) is 2.24. The number of carboxylic acids is 1. The van der Waals surface area contributed by atoms with Crippen molar-refractivity contribution < 1.29 is 15.0 Å². The molecule has 2 N–H and O–H groups in total. The maximum absolute atomic E-state index is 10.8. The second-order valence-electron chi connectivity index (χ2n) is 3.47. The first kappa shape index (κ1) is 13.7. The largest absolute Gasteiger partial charge is 0.479 e. The third-order valence-corrected chi connectivity index (χ3v) is 4.33. The molecule has 1 aromatic rings. The minimum atomic E-state index is -1.36. The quantitative estimate of drug-likeness (QED) is 0.876. The Hall–Kier alpha value is -0.390. The van der Waals surface area contributed by atoms with Gasteiger partial charge in [0.15, 0.2) is 6.10 Å². The predicted octanol–water partition coefficient (Wildman–Crippen LogP) is 3.15. The number of carboxylic acid groups (broad SMARTS) is 1. The number of halogens is 2. The molecule has 2 atom stereocenters. The SMILES string of the molecule is CCC(c1ccc(Br)c(Br)c1)C(O)C(=O)O. The predicted molar refractivity (Wildman–Crippen MR) is 68.5 cm³/mol. The number of benzene rings is 1. The number of aliphatic carboxylic acids is 1. The normalized spacial score (nSPS) is 14.5. The summed E-state index contributed by atoms with van der Waals surface area (Å²) in [6.45, 7) is 1.85. The molecule has 3 nitrogen and oxygen atoms in total. The maximum Gasteiger partial charge on any atom is 0.333 e. The second-order valence-corrected chi connectivity index (χ2v) is 5.18. The molecule has 5 heteroatoms. The third-order valence-electron chi connectivity index (χ3n) is 2.45. The summed E-state index contributed by atoms with van der Waals surface area (Å²) in [7, 11) is 0. The fraction of sp³-hybridized carbons (Fsp3) is 0.364. The third kappa shape index (κ3) is 3.06. The highest BCUT2D eigenvalue weighted by atomic mass is 79.9. The van der Waals surface area contributed by atoms with E-state index in [1.807, 2.05) is 25.1 Å². The first-order chi connectivity index (χ1) is 7.47. The summed E-state index contributed by atoms with van der Waals surface area (Å²) in [5, 5.41) is 18.4. The Balaban J connectivity index is 3.04. The van der Waals surface area contributed by atoms with Crippen molar-refractivity contribution in [3.8, 4) is 0 Å². The van der Waals surface area contributed by atoms with Crippen molar-refractivity contribution in [3.63, 3.8) is 0 Å². The summed E-state index contributed by atoms with van der Waals surface area (Å²) in [5.41, 5.74) is 0.812. The van der Waals surface area contributed by atoms with E-state index in [1.165, 1.54) is 0 Å². The molecule has 0 radical (unpaired) electrons. The average molecular weight is 352 g/mol. The van der Waals surface area contributed by atoms with E-state index in [0.29, 0.717) is 6.42 Å². The topological polar surface area (TPSA) is 57.5 Å². The molecule has 0 aliphatic heterocycles. The summed E-state index contributed by atoms with van der Waals surface area (Å²) in [4.78, 5) is 10.8. The molecule has 0 aliphatic rings. The monoisotopic (exact) mass is 350 g/mol. The van der Waals surface area contributed by atoms with E-state index < -0.39 is 12.1 Å². The van der Waals surface area contributed by atoms with Crippen molar-refractivity contribution in [3.05, 3.63) is 32.7 Å². The van der Waals surface area contributed by atoms with Crippen LogP contribution in [0.4, 0.5) is 0 Å². The van der Waals surface area contributed by atoms with Gasteiger partial charge < -0.3 is 10.2 Å². The van der Waals surface area contributed by atoms with Crippen LogP contribution in [-0.4, -0.2) is 22.3 Å². The number of rotatable bonds is 4. The molecule has 88 valence electrons. The van der Waals surface area contributed by atoms with E-state index in [4.69, 9.17) is 5.11 Å². The number of hydrogen-bond donors (Lipinski definition) is 2.